The molecule has 0 saturated carbocycles. The number of aromatic nitrogens is 1. The van der Waals surface area contributed by atoms with Crippen molar-refractivity contribution in [2.75, 3.05) is 5.73 Å². The maximum atomic E-state index is 10.4. The number of anilines is 1. The fourth-order valence-electron chi connectivity index (χ4n) is 1.14. The molecule has 0 radical (unpaired) electrons. The normalized spacial score (nSPS) is 10.0. The van der Waals surface area contributed by atoms with Crippen LogP contribution < -0.4 is 5.73 Å². The lowest BCUT2D eigenvalue weighted by Crippen LogP contribution is -1.85. The van der Waals surface area contributed by atoms with Gasteiger partial charge in [-0.25, -0.2) is 4.98 Å². The third-order valence-electron chi connectivity index (χ3n) is 1.78. The van der Waals surface area contributed by atoms with Crippen LogP contribution >= 0.6 is 11.3 Å². The van der Waals surface area contributed by atoms with E-state index in [4.69, 9.17) is 5.73 Å². The van der Waals surface area contributed by atoms with Crippen LogP contribution in [-0.4, -0.2) is 11.3 Å². The van der Waals surface area contributed by atoms with Gasteiger partial charge in [-0.1, -0.05) is 12.1 Å². The Morgan fingerprint density at radius 3 is 2.93 bits per heavy atom. The van der Waals surface area contributed by atoms with Crippen LogP contribution in [0.25, 0.3) is 10.6 Å². The number of carbonyl (C=O) groups is 1. The molecule has 0 amide bonds. The highest BCUT2D eigenvalue weighted by Gasteiger charge is 2.03. The average Bonchev–Trinajstić information content (AvgIpc) is 2.66. The van der Waals surface area contributed by atoms with Gasteiger partial charge in [-0.15, -0.1) is 11.3 Å². The van der Waals surface area contributed by atoms with E-state index in [2.05, 4.69) is 4.98 Å². The van der Waals surface area contributed by atoms with Crippen LogP contribution in [0.15, 0.2) is 29.6 Å². The average molecular weight is 204 g/mol. The number of carbonyl (C=O) groups excluding carboxylic acids is 1. The van der Waals surface area contributed by atoms with Crippen LogP contribution in [-0.2, 0) is 0 Å². The highest BCUT2D eigenvalue weighted by atomic mass is 32.1. The second-order valence-corrected chi connectivity index (χ2v) is 3.68. The molecule has 70 valence electrons. The number of hydrogen-bond donors (Lipinski definition) is 1. The van der Waals surface area contributed by atoms with Gasteiger partial charge in [0.05, 0.1) is 0 Å². The summed E-state index contributed by atoms with van der Waals surface area (Å²) in [5, 5.41) is 2.55. The number of nitrogen functional groups attached to an aromatic ring is 1. The number of nitrogens with two attached hydrogens (primary N) is 1. The second kappa shape index (κ2) is 3.59. The van der Waals surface area contributed by atoms with Crippen LogP contribution in [0.2, 0.25) is 0 Å². The van der Waals surface area contributed by atoms with Crippen LogP contribution in [0.4, 0.5) is 5.69 Å². The van der Waals surface area contributed by atoms with Crippen molar-refractivity contribution >= 4 is 23.3 Å². The quantitative estimate of drug-likeness (QED) is 0.602. The van der Waals surface area contributed by atoms with Gasteiger partial charge < -0.3 is 5.73 Å². The Morgan fingerprint density at radius 2 is 2.29 bits per heavy atom. The summed E-state index contributed by atoms with van der Waals surface area (Å²) >= 11 is 1.44. The summed E-state index contributed by atoms with van der Waals surface area (Å²) in [6, 6.07) is 7.45. The summed E-state index contributed by atoms with van der Waals surface area (Å²) in [6.45, 7) is 0. The minimum atomic E-state index is 0.465. The minimum Gasteiger partial charge on any atom is -0.399 e. The first-order valence-corrected chi connectivity index (χ1v) is 4.94. The van der Waals surface area contributed by atoms with Gasteiger partial charge in [-0.05, 0) is 12.1 Å². The molecule has 0 aliphatic heterocycles. The SMILES string of the molecule is Nc1cccc(-c2nc(C=O)cs2)c1. The zero-order valence-corrected chi connectivity index (χ0v) is 8.12. The van der Waals surface area contributed by atoms with Crippen LogP contribution in [0.3, 0.4) is 0 Å². The molecule has 4 heteroatoms. The van der Waals surface area contributed by atoms with E-state index in [-0.39, 0.29) is 0 Å². The van der Waals surface area contributed by atoms with E-state index in [1.54, 1.807) is 5.38 Å². The van der Waals surface area contributed by atoms with E-state index >= 15 is 0 Å². The van der Waals surface area contributed by atoms with Crippen molar-refractivity contribution in [3.8, 4) is 10.6 Å². The molecule has 0 aliphatic carbocycles. The predicted molar refractivity (Wildman–Crippen MR) is 57.3 cm³/mol. The Morgan fingerprint density at radius 1 is 1.43 bits per heavy atom. The summed E-state index contributed by atoms with van der Waals surface area (Å²) in [5.41, 5.74) is 7.75. The number of thiazole rings is 1. The fraction of sp³-hybridized carbons (Fsp3) is 0. The summed E-state index contributed by atoms with van der Waals surface area (Å²) < 4.78 is 0. The van der Waals surface area contributed by atoms with Gasteiger partial charge in [0.1, 0.15) is 10.7 Å². The molecule has 0 atom stereocenters. The zero-order valence-electron chi connectivity index (χ0n) is 7.31. The molecular formula is C10H8N2OS. The predicted octanol–water partition coefficient (Wildman–Crippen LogP) is 2.20. The molecule has 0 saturated heterocycles. The Labute approximate surface area is 85.2 Å². The number of hydrogen-bond acceptors (Lipinski definition) is 4. The molecule has 1 aromatic carbocycles. The third kappa shape index (κ3) is 1.65. The number of rotatable bonds is 2. The standard InChI is InChI=1S/C10H8N2OS/c11-8-3-1-2-7(4-8)10-12-9(5-13)6-14-10/h1-6H,11H2. The highest BCUT2D eigenvalue weighted by molar-refractivity contribution is 7.13. The van der Waals surface area contributed by atoms with E-state index in [0.29, 0.717) is 11.4 Å². The van der Waals surface area contributed by atoms with Crippen molar-refractivity contribution in [1.29, 1.82) is 0 Å². The molecule has 1 heterocycles. The first-order valence-electron chi connectivity index (χ1n) is 4.06. The molecule has 14 heavy (non-hydrogen) atoms. The maximum absolute atomic E-state index is 10.4. The van der Waals surface area contributed by atoms with Crippen molar-refractivity contribution < 1.29 is 4.79 Å². The van der Waals surface area contributed by atoms with Gasteiger partial charge in [-0.2, -0.15) is 0 Å². The Bertz CT molecular complexity index is 465. The van der Waals surface area contributed by atoms with Crippen molar-refractivity contribution in [3.63, 3.8) is 0 Å². The first-order chi connectivity index (χ1) is 6.79. The molecule has 0 fully saturated rings. The molecule has 3 nitrogen and oxygen atoms in total. The molecule has 0 aliphatic rings. The van der Waals surface area contributed by atoms with Crippen LogP contribution in [0.5, 0.6) is 0 Å². The molecule has 2 aromatic rings. The lowest BCUT2D eigenvalue weighted by molar-refractivity contribution is 0.111. The van der Waals surface area contributed by atoms with Crippen molar-refractivity contribution in [2.24, 2.45) is 0 Å². The lowest BCUT2D eigenvalue weighted by atomic mass is 10.2. The number of benzene rings is 1. The molecule has 2 N–H and O–H groups in total. The Hall–Kier alpha value is -1.68. The summed E-state index contributed by atoms with van der Waals surface area (Å²) in [4.78, 5) is 14.6. The van der Waals surface area contributed by atoms with Crippen LogP contribution in [0, 0.1) is 0 Å². The fourth-order valence-corrected chi connectivity index (χ4v) is 1.91. The van der Waals surface area contributed by atoms with Crippen molar-refractivity contribution in [1.82, 2.24) is 4.98 Å². The molecule has 0 unspecified atom stereocenters. The Kier molecular flexibility index (Phi) is 2.28. The topological polar surface area (TPSA) is 56.0 Å². The summed E-state index contributed by atoms with van der Waals surface area (Å²) in [5.74, 6) is 0. The smallest absolute Gasteiger partial charge is 0.169 e. The molecule has 0 bridgehead atoms. The first kappa shape index (κ1) is 8.90. The van der Waals surface area contributed by atoms with Crippen molar-refractivity contribution in [3.05, 3.63) is 35.3 Å². The van der Waals surface area contributed by atoms with Gasteiger partial charge in [0.2, 0.25) is 0 Å². The van der Waals surface area contributed by atoms with Gasteiger partial charge in [-0.3, -0.25) is 4.79 Å². The van der Waals surface area contributed by atoms with Gasteiger partial charge in [0.25, 0.3) is 0 Å². The monoisotopic (exact) mass is 204 g/mol. The molecule has 1 aromatic heterocycles. The number of nitrogens with zero attached hydrogens (tertiary/aromatic N) is 1. The molecule has 2 rings (SSSR count). The minimum absolute atomic E-state index is 0.465. The Balaban J connectivity index is 2.43. The third-order valence-corrected chi connectivity index (χ3v) is 2.69. The highest BCUT2D eigenvalue weighted by Crippen LogP contribution is 2.24. The van der Waals surface area contributed by atoms with E-state index in [1.165, 1.54) is 11.3 Å². The second-order valence-electron chi connectivity index (χ2n) is 2.82. The maximum Gasteiger partial charge on any atom is 0.169 e. The summed E-state index contributed by atoms with van der Waals surface area (Å²) in [7, 11) is 0. The zero-order chi connectivity index (χ0) is 9.97. The molecular weight excluding hydrogens is 196 g/mol. The lowest BCUT2D eigenvalue weighted by Gasteiger charge is -1.96. The van der Waals surface area contributed by atoms with Gasteiger partial charge in [0.15, 0.2) is 6.29 Å². The van der Waals surface area contributed by atoms with E-state index < -0.39 is 0 Å². The molecule has 0 spiro atoms. The largest absolute Gasteiger partial charge is 0.399 e. The summed E-state index contributed by atoms with van der Waals surface area (Å²) in [6.07, 6.45) is 0.742. The number of aldehydes is 1. The van der Waals surface area contributed by atoms with E-state index in [0.717, 1.165) is 16.9 Å². The van der Waals surface area contributed by atoms with Crippen molar-refractivity contribution in [2.45, 2.75) is 0 Å². The van der Waals surface area contributed by atoms with Gasteiger partial charge >= 0.3 is 0 Å². The van der Waals surface area contributed by atoms with Gasteiger partial charge in [0, 0.05) is 16.6 Å². The van der Waals surface area contributed by atoms with Crippen LogP contribution in [0.1, 0.15) is 10.5 Å². The van der Waals surface area contributed by atoms with E-state index in [9.17, 15) is 4.79 Å². The van der Waals surface area contributed by atoms with E-state index in [1.807, 2.05) is 24.3 Å².